The van der Waals surface area contributed by atoms with Gasteiger partial charge in [-0.05, 0) is 50.8 Å². The van der Waals surface area contributed by atoms with Gasteiger partial charge in [0.05, 0.1) is 0 Å². The van der Waals surface area contributed by atoms with E-state index in [0.717, 1.165) is 16.7 Å². The number of aryl methyl sites for hydroxylation is 3. The van der Waals surface area contributed by atoms with Gasteiger partial charge in [0.25, 0.3) is 0 Å². The third kappa shape index (κ3) is 5.95. The third-order valence-electron chi connectivity index (χ3n) is 4.87. The molecule has 1 N–H and O–H groups in total. The quantitative estimate of drug-likeness (QED) is 0.773. The molecule has 4 nitrogen and oxygen atoms in total. The summed E-state index contributed by atoms with van der Waals surface area (Å²) in [5.74, 6) is -0.118. The summed E-state index contributed by atoms with van der Waals surface area (Å²) < 4.78 is 0. The van der Waals surface area contributed by atoms with Crippen LogP contribution in [0.15, 0.2) is 48.5 Å². The molecule has 2 rings (SSSR count). The van der Waals surface area contributed by atoms with Gasteiger partial charge in [-0.15, -0.1) is 0 Å². The first-order chi connectivity index (χ1) is 12.9. The van der Waals surface area contributed by atoms with Crippen molar-refractivity contribution in [3.8, 4) is 0 Å². The van der Waals surface area contributed by atoms with E-state index in [0.29, 0.717) is 25.9 Å². The van der Waals surface area contributed by atoms with Crippen molar-refractivity contribution in [1.29, 1.82) is 0 Å². The van der Waals surface area contributed by atoms with E-state index in [9.17, 15) is 9.59 Å². The highest BCUT2D eigenvalue weighted by Gasteiger charge is 2.25. The van der Waals surface area contributed by atoms with E-state index in [2.05, 4.69) is 29.6 Å². The highest BCUT2D eigenvalue weighted by Crippen LogP contribution is 2.16. The Bertz CT molecular complexity index is 768. The molecule has 0 aliphatic heterocycles. The maximum absolute atomic E-state index is 13.0. The molecule has 0 saturated carbocycles. The topological polar surface area (TPSA) is 49.4 Å². The summed E-state index contributed by atoms with van der Waals surface area (Å²) in [7, 11) is 0. The van der Waals surface area contributed by atoms with Crippen LogP contribution in [0.4, 0.5) is 0 Å². The first-order valence-corrected chi connectivity index (χ1v) is 9.59. The highest BCUT2D eigenvalue weighted by atomic mass is 16.2. The van der Waals surface area contributed by atoms with Crippen molar-refractivity contribution in [1.82, 2.24) is 10.2 Å². The lowest BCUT2D eigenvalue weighted by Gasteiger charge is -2.29. The van der Waals surface area contributed by atoms with Crippen LogP contribution in [0.1, 0.15) is 42.5 Å². The summed E-state index contributed by atoms with van der Waals surface area (Å²) in [6, 6.07) is 15.7. The predicted molar refractivity (Wildman–Crippen MR) is 109 cm³/mol. The zero-order chi connectivity index (χ0) is 19.8. The van der Waals surface area contributed by atoms with Crippen molar-refractivity contribution in [2.75, 3.05) is 6.54 Å². The van der Waals surface area contributed by atoms with E-state index in [1.165, 1.54) is 5.56 Å². The van der Waals surface area contributed by atoms with Crippen molar-refractivity contribution in [3.63, 3.8) is 0 Å². The fourth-order valence-electron chi connectivity index (χ4n) is 3.03. The van der Waals surface area contributed by atoms with Crippen molar-refractivity contribution in [3.05, 3.63) is 70.8 Å². The number of carbonyl (C=O) groups is 2. The van der Waals surface area contributed by atoms with Crippen LogP contribution < -0.4 is 5.32 Å². The van der Waals surface area contributed by atoms with Crippen LogP contribution in [0.25, 0.3) is 0 Å². The number of hydrogen-bond donors (Lipinski definition) is 1. The average Bonchev–Trinajstić information content (AvgIpc) is 2.66. The molecule has 0 aliphatic rings. The van der Waals surface area contributed by atoms with Gasteiger partial charge < -0.3 is 10.2 Å². The fraction of sp³-hybridized carbons (Fsp3) is 0.391. The Hall–Kier alpha value is -2.62. The molecule has 2 aromatic carbocycles. The summed E-state index contributed by atoms with van der Waals surface area (Å²) in [6.45, 7) is 8.76. The first-order valence-electron chi connectivity index (χ1n) is 9.59. The van der Waals surface area contributed by atoms with Gasteiger partial charge in [0, 0.05) is 19.5 Å². The Morgan fingerprint density at radius 2 is 1.70 bits per heavy atom. The molecule has 0 radical (unpaired) electrons. The Balaban J connectivity index is 2.14. The molecular weight excluding hydrogens is 336 g/mol. The summed E-state index contributed by atoms with van der Waals surface area (Å²) in [5, 5.41) is 2.83. The van der Waals surface area contributed by atoms with Gasteiger partial charge in [0.1, 0.15) is 6.04 Å². The molecule has 0 fully saturated rings. The van der Waals surface area contributed by atoms with E-state index in [1.54, 1.807) is 11.8 Å². The second-order valence-electron chi connectivity index (χ2n) is 7.00. The number of nitrogens with zero attached hydrogens (tertiary/aromatic N) is 1. The van der Waals surface area contributed by atoms with E-state index in [-0.39, 0.29) is 11.8 Å². The summed E-state index contributed by atoms with van der Waals surface area (Å²) in [4.78, 5) is 27.1. The van der Waals surface area contributed by atoms with Crippen LogP contribution in [0.3, 0.4) is 0 Å². The lowest BCUT2D eigenvalue weighted by Crippen LogP contribution is -2.47. The fourth-order valence-corrected chi connectivity index (χ4v) is 3.03. The molecule has 2 amide bonds. The van der Waals surface area contributed by atoms with Crippen LogP contribution in [0.5, 0.6) is 0 Å². The van der Waals surface area contributed by atoms with Gasteiger partial charge in [-0.25, -0.2) is 0 Å². The molecule has 144 valence electrons. The average molecular weight is 367 g/mol. The molecule has 0 heterocycles. The number of nitrogens with one attached hydrogen (secondary N) is 1. The largest absolute Gasteiger partial charge is 0.355 e. The molecule has 0 saturated heterocycles. The number of rotatable bonds is 8. The van der Waals surface area contributed by atoms with Gasteiger partial charge in [0.2, 0.25) is 11.8 Å². The molecule has 0 aliphatic carbocycles. The molecule has 27 heavy (non-hydrogen) atoms. The number of amides is 2. The smallest absolute Gasteiger partial charge is 0.242 e. The second-order valence-corrected chi connectivity index (χ2v) is 7.00. The van der Waals surface area contributed by atoms with Gasteiger partial charge >= 0.3 is 0 Å². The lowest BCUT2D eigenvalue weighted by atomic mass is 10.0. The van der Waals surface area contributed by atoms with Gasteiger partial charge in [-0.1, -0.05) is 54.1 Å². The van der Waals surface area contributed by atoms with Crippen molar-refractivity contribution in [2.24, 2.45) is 0 Å². The minimum atomic E-state index is -0.505. The molecule has 0 bridgehead atoms. The summed E-state index contributed by atoms with van der Waals surface area (Å²) in [5.41, 5.74) is 4.53. The third-order valence-corrected chi connectivity index (χ3v) is 4.87. The van der Waals surface area contributed by atoms with Crippen LogP contribution in [0, 0.1) is 13.8 Å². The van der Waals surface area contributed by atoms with Crippen LogP contribution in [0.2, 0.25) is 0 Å². The Labute approximate surface area is 162 Å². The van der Waals surface area contributed by atoms with E-state index < -0.39 is 6.04 Å². The number of hydrogen-bond acceptors (Lipinski definition) is 2. The molecule has 1 atom stereocenters. The van der Waals surface area contributed by atoms with E-state index >= 15 is 0 Å². The van der Waals surface area contributed by atoms with Crippen LogP contribution in [-0.4, -0.2) is 29.3 Å². The van der Waals surface area contributed by atoms with Crippen molar-refractivity contribution < 1.29 is 9.59 Å². The summed E-state index contributed by atoms with van der Waals surface area (Å²) in [6.07, 6.45) is 1.06. The molecule has 0 aromatic heterocycles. The normalized spacial score (nSPS) is 11.7. The minimum absolute atomic E-state index is 0.00224. The Kier molecular flexibility index (Phi) is 7.59. The standard InChI is InChI=1S/C23H30N2O2/c1-5-24-23(27)19(4)25(16-21-9-7-6-8-18(21)3)22(26)15-14-20-12-10-17(2)11-13-20/h6-13,19H,5,14-16H2,1-4H3,(H,24,27)/t19-/m1/s1. The first kappa shape index (κ1) is 20.7. The van der Waals surface area contributed by atoms with E-state index in [4.69, 9.17) is 0 Å². The Morgan fingerprint density at radius 3 is 2.33 bits per heavy atom. The van der Waals surface area contributed by atoms with Gasteiger partial charge in [0.15, 0.2) is 0 Å². The van der Waals surface area contributed by atoms with Crippen molar-refractivity contribution in [2.45, 2.75) is 53.1 Å². The van der Waals surface area contributed by atoms with Crippen LogP contribution >= 0.6 is 0 Å². The van der Waals surface area contributed by atoms with Gasteiger partial charge in [-0.2, -0.15) is 0 Å². The molecule has 0 unspecified atom stereocenters. The van der Waals surface area contributed by atoms with E-state index in [1.807, 2.05) is 45.0 Å². The maximum atomic E-state index is 13.0. The number of carbonyl (C=O) groups excluding carboxylic acids is 2. The van der Waals surface area contributed by atoms with Gasteiger partial charge in [-0.3, -0.25) is 9.59 Å². The zero-order valence-corrected chi connectivity index (χ0v) is 16.8. The predicted octanol–water partition coefficient (Wildman–Crippen LogP) is 3.79. The second kappa shape index (κ2) is 9.91. The van der Waals surface area contributed by atoms with Crippen molar-refractivity contribution >= 4 is 11.8 Å². The number of benzene rings is 2. The summed E-state index contributed by atoms with van der Waals surface area (Å²) >= 11 is 0. The minimum Gasteiger partial charge on any atom is -0.355 e. The van der Waals surface area contributed by atoms with Crippen LogP contribution in [-0.2, 0) is 22.6 Å². The number of likely N-dealkylation sites (N-methyl/N-ethyl adjacent to an activating group) is 1. The molecule has 0 spiro atoms. The zero-order valence-electron chi connectivity index (χ0n) is 16.8. The highest BCUT2D eigenvalue weighted by molar-refractivity contribution is 5.87. The Morgan fingerprint density at radius 1 is 1.04 bits per heavy atom. The molecular formula is C23H30N2O2. The lowest BCUT2D eigenvalue weighted by molar-refractivity contribution is -0.140. The maximum Gasteiger partial charge on any atom is 0.242 e. The SMILES string of the molecule is CCNC(=O)[C@@H](C)N(Cc1ccccc1C)C(=O)CCc1ccc(C)cc1. The molecule has 2 aromatic rings. The monoisotopic (exact) mass is 366 g/mol. The molecule has 4 heteroatoms.